The van der Waals surface area contributed by atoms with Gasteiger partial charge in [-0.25, -0.2) is 14.8 Å². The number of nitrogens with one attached hydrogen (secondary N) is 1. The topological polar surface area (TPSA) is 81.2 Å². The lowest BCUT2D eigenvalue weighted by atomic mass is 9.95. The number of thiophene rings is 2. The van der Waals surface area contributed by atoms with Crippen LogP contribution >= 0.6 is 34.4 Å². The molecule has 1 aromatic carbocycles. The lowest BCUT2D eigenvalue weighted by molar-refractivity contribution is -0.113. The second-order valence-electron chi connectivity index (χ2n) is 8.78. The van der Waals surface area contributed by atoms with E-state index in [-0.39, 0.29) is 17.6 Å². The first-order chi connectivity index (χ1) is 17.5. The molecule has 0 saturated heterocycles. The van der Waals surface area contributed by atoms with Crippen LogP contribution in [0.2, 0.25) is 0 Å². The summed E-state index contributed by atoms with van der Waals surface area (Å²) < 4.78 is 5.31. The molecule has 0 spiro atoms. The first-order valence-electron chi connectivity index (χ1n) is 12.0. The van der Waals surface area contributed by atoms with Crippen LogP contribution in [0.25, 0.3) is 21.3 Å². The summed E-state index contributed by atoms with van der Waals surface area (Å²) in [5, 5.41) is 7.46. The van der Waals surface area contributed by atoms with E-state index in [1.54, 1.807) is 24.6 Å². The van der Waals surface area contributed by atoms with E-state index in [2.05, 4.69) is 52.7 Å². The van der Waals surface area contributed by atoms with Gasteiger partial charge in [-0.1, -0.05) is 30.0 Å². The molecule has 5 rings (SSSR count). The summed E-state index contributed by atoms with van der Waals surface area (Å²) in [6.45, 7) is 6.31. The minimum absolute atomic E-state index is 0.168. The number of amides is 1. The van der Waals surface area contributed by atoms with Gasteiger partial charge in [-0.2, -0.15) is 0 Å². The van der Waals surface area contributed by atoms with Gasteiger partial charge in [-0.05, 0) is 68.7 Å². The summed E-state index contributed by atoms with van der Waals surface area (Å²) >= 11 is 4.48. The average molecular weight is 538 g/mol. The second-order valence-corrected chi connectivity index (χ2v) is 11.7. The minimum Gasteiger partial charge on any atom is -0.462 e. The maximum atomic E-state index is 13.0. The summed E-state index contributed by atoms with van der Waals surface area (Å²) in [6, 6.07) is 6.42. The maximum Gasteiger partial charge on any atom is 0.341 e. The molecule has 6 nitrogen and oxygen atoms in total. The SMILES string of the molecule is CCOC(=O)c1c(NC(=O)CSc2ncnc3scc(-c4ccc(C)c(C)c4)c23)sc2c1CCCC2. The third-order valence-electron chi connectivity index (χ3n) is 6.40. The molecule has 3 aromatic heterocycles. The van der Waals surface area contributed by atoms with Crippen molar-refractivity contribution in [1.82, 2.24) is 9.97 Å². The molecule has 1 N–H and O–H groups in total. The highest BCUT2D eigenvalue weighted by Gasteiger charge is 2.27. The molecule has 1 aliphatic carbocycles. The van der Waals surface area contributed by atoms with Crippen molar-refractivity contribution in [3.63, 3.8) is 0 Å². The van der Waals surface area contributed by atoms with Crippen LogP contribution in [0.15, 0.2) is 34.9 Å². The quantitative estimate of drug-likeness (QED) is 0.158. The smallest absolute Gasteiger partial charge is 0.341 e. The number of benzene rings is 1. The highest BCUT2D eigenvalue weighted by molar-refractivity contribution is 8.00. The minimum atomic E-state index is -0.353. The Kier molecular flexibility index (Phi) is 7.41. The number of fused-ring (bicyclic) bond motifs is 2. The van der Waals surface area contributed by atoms with Crippen LogP contribution in [0, 0.1) is 13.8 Å². The van der Waals surface area contributed by atoms with Crippen molar-refractivity contribution < 1.29 is 14.3 Å². The first-order valence-corrected chi connectivity index (χ1v) is 14.7. The molecule has 0 fully saturated rings. The van der Waals surface area contributed by atoms with E-state index in [9.17, 15) is 9.59 Å². The Bertz CT molecular complexity index is 1460. The van der Waals surface area contributed by atoms with Crippen molar-refractivity contribution >= 4 is 61.5 Å². The van der Waals surface area contributed by atoms with Gasteiger partial charge in [-0.3, -0.25) is 4.79 Å². The molecule has 0 unspecified atom stereocenters. The number of ether oxygens (including phenoxy) is 1. The lowest BCUT2D eigenvalue weighted by Crippen LogP contribution is -2.17. The third kappa shape index (κ3) is 4.92. The molecule has 3 heterocycles. The van der Waals surface area contributed by atoms with E-state index in [1.807, 2.05) is 0 Å². The van der Waals surface area contributed by atoms with Crippen molar-refractivity contribution in [3.05, 3.63) is 57.0 Å². The lowest BCUT2D eigenvalue weighted by Gasteiger charge is -2.12. The summed E-state index contributed by atoms with van der Waals surface area (Å²) in [6.07, 6.45) is 5.49. The Morgan fingerprint density at radius 3 is 2.78 bits per heavy atom. The second kappa shape index (κ2) is 10.7. The van der Waals surface area contributed by atoms with E-state index in [4.69, 9.17) is 4.74 Å². The van der Waals surface area contributed by atoms with Crippen molar-refractivity contribution in [3.8, 4) is 11.1 Å². The zero-order valence-electron chi connectivity index (χ0n) is 20.5. The van der Waals surface area contributed by atoms with Gasteiger partial charge >= 0.3 is 5.97 Å². The number of hydrogen-bond acceptors (Lipinski definition) is 8. The predicted octanol–water partition coefficient (Wildman–Crippen LogP) is 6.82. The van der Waals surface area contributed by atoms with Gasteiger partial charge in [0.25, 0.3) is 0 Å². The molecular weight excluding hydrogens is 511 g/mol. The molecule has 0 radical (unpaired) electrons. The molecule has 36 heavy (non-hydrogen) atoms. The number of hydrogen-bond donors (Lipinski definition) is 1. The molecule has 1 aliphatic rings. The molecule has 9 heteroatoms. The third-order valence-corrected chi connectivity index (χ3v) is 9.48. The molecule has 0 aliphatic heterocycles. The molecule has 186 valence electrons. The van der Waals surface area contributed by atoms with Crippen LogP contribution in [0.4, 0.5) is 5.00 Å². The van der Waals surface area contributed by atoms with Crippen LogP contribution in [0.1, 0.15) is 51.7 Å². The Balaban J connectivity index is 1.38. The largest absolute Gasteiger partial charge is 0.462 e. The maximum absolute atomic E-state index is 13.0. The molecule has 0 bridgehead atoms. The zero-order valence-corrected chi connectivity index (χ0v) is 22.9. The van der Waals surface area contributed by atoms with Gasteiger partial charge in [0.05, 0.1) is 23.3 Å². The van der Waals surface area contributed by atoms with Crippen molar-refractivity contribution in [1.29, 1.82) is 0 Å². The van der Waals surface area contributed by atoms with Gasteiger partial charge in [0, 0.05) is 15.8 Å². The van der Waals surface area contributed by atoms with E-state index in [1.165, 1.54) is 39.1 Å². The normalized spacial score (nSPS) is 13.0. The van der Waals surface area contributed by atoms with Crippen molar-refractivity contribution in [2.24, 2.45) is 0 Å². The summed E-state index contributed by atoms with van der Waals surface area (Å²) in [7, 11) is 0. The molecule has 0 atom stereocenters. The van der Waals surface area contributed by atoms with Crippen molar-refractivity contribution in [2.75, 3.05) is 17.7 Å². The highest BCUT2D eigenvalue weighted by Crippen LogP contribution is 2.40. The van der Waals surface area contributed by atoms with Gasteiger partial charge in [-0.15, -0.1) is 22.7 Å². The zero-order chi connectivity index (χ0) is 25.2. The van der Waals surface area contributed by atoms with Crippen LogP contribution in [0.3, 0.4) is 0 Å². The number of thioether (sulfide) groups is 1. The number of carbonyl (C=O) groups is 2. The fourth-order valence-corrected chi connectivity index (χ4v) is 7.53. The monoisotopic (exact) mass is 537 g/mol. The standard InChI is InChI=1S/C27H27N3O3S3/c1-4-33-27(32)23-18-7-5-6-8-20(18)36-26(23)30-21(31)13-35-25-22-19(12-34-24(22)28-14-29-25)17-10-9-15(2)16(3)11-17/h9-12,14H,4-8,13H2,1-3H3,(H,30,31). The van der Waals surface area contributed by atoms with E-state index >= 15 is 0 Å². The number of carbonyl (C=O) groups excluding carboxylic acids is 2. The number of aryl methyl sites for hydroxylation is 3. The number of nitrogens with zero attached hydrogens (tertiary/aromatic N) is 2. The first kappa shape index (κ1) is 24.9. The predicted molar refractivity (Wildman–Crippen MR) is 149 cm³/mol. The number of esters is 1. The Hall–Kier alpha value is -2.75. The molecular formula is C27H27N3O3S3. The van der Waals surface area contributed by atoms with Gasteiger partial charge in [0.2, 0.25) is 5.91 Å². The number of rotatable bonds is 7. The van der Waals surface area contributed by atoms with Crippen LogP contribution < -0.4 is 5.32 Å². The molecule has 1 amide bonds. The van der Waals surface area contributed by atoms with Crippen molar-refractivity contribution in [2.45, 2.75) is 51.5 Å². The summed E-state index contributed by atoms with van der Waals surface area (Å²) in [5.41, 5.74) is 6.26. The average Bonchev–Trinajstić information content (AvgIpc) is 3.46. The number of anilines is 1. The van der Waals surface area contributed by atoms with Crippen LogP contribution in [-0.2, 0) is 22.4 Å². The Morgan fingerprint density at radius 2 is 1.97 bits per heavy atom. The summed E-state index contributed by atoms with van der Waals surface area (Å²) in [4.78, 5) is 36.8. The van der Waals surface area contributed by atoms with E-state index in [0.717, 1.165) is 57.6 Å². The van der Waals surface area contributed by atoms with E-state index in [0.29, 0.717) is 17.2 Å². The summed E-state index contributed by atoms with van der Waals surface area (Å²) in [5.74, 6) is -0.341. The fraction of sp³-hybridized carbons (Fsp3) is 0.333. The fourth-order valence-electron chi connectivity index (χ4n) is 4.45. The van der Waals surface area contributed by atoms with Gasteiger partial charge < -0.3 is 10.1 Å². The molecule has 0 saturated carbocycles. The van der Waals surface area contributed by atoms with Gasteiger partial charge in [0.15, 0.2) is 0 Å². The Labute approximate surface area is 222 Å². The van der Waals surface area contributed by atoms with E-state index < -0.39 is 0 Å². The Morgan fingerprint density at radius 1 is 1.14 bits per heavy atom. The van der Waals surface area contributed by atoms with Gasteiger partial charge in [0.1, 0.15) is 21.2 Å². The van der Waals surface area contributed by atoms with Crippen LogP contribution in [0.5, 0.6) is 0 Å². The molecule has 4 aromatic rings. The highest BCUT2D eigenvalue weighted by atomic mass is 32.2. The van der Waals surface area contributed by atoms with Crippen LogP contribution in [-0.4, -0.2) is 34.2 Å². The number of aromatic nitrogens is 2.